The zero-order valence-electron chi connectivity index (χ0n) is 21.5. The molecule has 8 nitrogen and oxygen atoms in total. The predicted octanol–water partition coefficient (Wildman–Crippen LogP) is 5.34. The number of anilines is 2. The van der Waals surface area contributed by atoms with Crippen LogP contribution in [-0.2, 0) is 18.3 Å². The summed E-state index contributed by atoms with van der Waals surface area (Å²) < 4.78 is 21.7. The fourth-order valence-electron chi connectivity index (χ4n) is 4.88. The Balaban J connectivity index is 1.36. The van der Waals surface area contributed by atoms with Crippen LogP contribution < -0.4 is 10.6 Å². The lowest BCUT2D eigenvalue weighted by molar-refractivity contribution is -0.0707. The van der Waals surface area contributed by atoms with Gasteiger partial charge in [-0.25, -0.2) is 14.2 Å². The van der Waals surface area contributed by atoms with Crippen LogP contribution >= 0.6 is 0 Å². The van der Waals surface area contributed by atoms with E-state index in [0.29, 0.717) is 5.69 Å². The smallest absolute Gasteiger partial charge is 0.323 e. The summed E-state index contributed by atoms with van der Waals surface area (Å²) in [6.07, 6.45) is 2.20. The first kappa shape index (κ1) is 24.9. The Bertz CT molecular complexity index is 1420. The Labute approximate surface area is 215 Å². The van der Waals surface area contributed by atoms with Gasteiger partial charge in [-0.3, -0.25) is 9.58 Å². The molecule has 0 radical (unpaired) electrons. The highest BCUT2D eigenvalue weighted by molar-refractivity contribution is 6.00. The minimum Gasteiger partial charge on any atom is -0.373 e. The summed E-state index contributed by atoms with van der Waals surface area (Å²) in [4.78, 5) is 19.7. The highest BCUT2D eigenvalue weighted by atomic mass is 19.1. The molecule has 2 aromatic carbocycles. The highest BCUT2D eigenvalue weighted by Crippen LogP contribution is 2.30. The number of fused-ring (bicyclic) bond motifs is 1. The minimum atomic E-state index is -0.507. The van der Waals surface area contributed by atoms with Gasteiger partial charge in [0.2, 0.25) is 0 Å². The van der Waals surface area contributed by atoms with E-state index < -0.39 is 11.8 Å². The summed E-state index contributed by atoms with van der Waals surface area (Å²) in [6.45, 7) is 8.48. The molecule has 0 spiro atoms. The zero-order chi connectivity index (χ0) is 26.1. The Hall–Kier alpha value is -3.82. The number of urea groups is 1. The van der Waals surface area contributed by atoms with Crippen LogP contribution in [0.3, 0.4) is 0 Å². The maximum atomic E-state index is 14.0. The monoisotopic (exact) mass is 502 g/mol. The molecule has 1 fully saturated rings. The van der Waals surface area contributed by atoms with Gasteiger partial charge < -0.3 is 15.4 Å². The zero-order valence-corrected chi connectivity index (χ0v) is 21.5. The van der Waals surface area contributed by atoms with Crippen molar-refractivity contribution in [3.63, 3.8) is 0 Å². The number of hydrogen-bond acceptors (Lipinski definition) is 5. The van der Waals surface area contributed by atoms with Gasteiger partial charge in [0, 0.05) is 37.8 Å². The first-order chi connectivity index (χ1) is 17.7. The standard InChI is InChI=1S/C28H31FN6O2/c1-17-5-10-25(29)26(11-17)33-28(36)32-21-8-6-20(7-9-21)23-12-22(31-27-24(23)13-30-34(27)4)16-35-14-18(2)37-19(3)15-35/h5-13,18-19H,14-16H2,1-4H3,(H2,32,33,36)/t18-,19+. The quantitative estimate of drug-likeness (QED) is 0.385. The Morgan fingerprint density at radius 3 is 2.54 bits per heavy atom. The number of hydrogen-bond donors (Lipinski definition) is 2. The van der Waals surface area contributed by atoms with Gasteiger partial charge in [-0.15, -0.1) is 0 Å². The number of amides is 2. The maximum Gasteiger partial charge on any atom is 0.323 e. The van der Waals surface area contributed by atoms with Gasteiger partial charge in [-0.1, -0.05) is 18.2 Å². The van der Waals surface area contributed by atoms with Gasteiger partial charge in [0.25, 0.3) is 0 Å². The van der Waals surface area contributed by atoms with Crippen molar-refractivity contribution >= 4 is 28.4 Å². The second kappa shape index (κ2) is 10.3. The SMILES string of the molecule is Cc1ccc(F)c(NC(=O)Nc2ccc(-c3cc(CN4C[C@@H](C)O[C@@H](C)C4)nc4c3cnn4C)cc2)c1. The molecule has 0 unspecified atom stereocenters. The molecule has 1 saturated heterocycles. The molecule has 2 atom stereocenters. The van der Waals surface area contributed by atoms with Crippen LogP contribution in [0.4, 0.5) is 20.6 Å². The van der Waals surface area contributed by atoms with E-state index in [4.69, 9.17) is 9.72 Å². The minimum absolute atomic E-state index is 0.140. The van der Waals surface area contributed by atoms with E-state index in [9.17, 15) is 9.18 Å². The van der Waals surface area contributed by atoms with E-state index in [1.54, 1.807) is 16.8 Å². The molecule has 0 aliphatic carbocycles. The first-order valence-electron chi connectivity index (χ1n) is 12.4. The number of pyridine rings is 1. The largest absolute Gasteiger partial charge is 0.373 e. The third kappa shape index (κ3) is 5.63. The first-order valence-corrected chi connectivity index (χ1v) is 12.4. The van der Waals surface area contributed by atoms with Crippen LogP contribution in [0.5, 0.6) is 0 Å². The molecule has 5 rings (SSSR count). The van der Waals surface area contributed by atoms with Crippen molar-refractivity contribution in [2.75, 3.05) is 23.7 Å². The fraction of sp³-hybridized carbons (Fsp3) is 0.321. The van der Waals surface area contributed by atoms with Crippen LogP contribution in [0, 0.1) is 12.7 Å². The summed E-state index contributed by atoms with van der Waals surface area (Å²) in [5, 5.41) is 10.7. The van der Waals surface area contributed by atoms with Gasteiger partial charge in [0.05, 0.1) is 29.8 Å². The highest BCUT2D eigenvalue weighted by Gasteiger charge is 2.23. The molecule has 0 bridgehead atoms. The third-order valence-corrected chi connectivity index (χ3v) is 6.46. The van der Waals surface area contributed by atoms with E-state index in [2.05, 4.69) is 40.5 Å². The predicted molar refractivity (Wildman–Crippen MR) is 143 cm³/mol. The normalized spacial score (nSPS) is 18.2. The van der Waals surface area contributed by atoms with Crippen molar-refractivity contribution in [1.82, 2.24) is 19.7 Å². The van der Waals surface area contributed by atoms with Crippen molar-refractivity contribution in [2.24, 2.45) is 7.05 Å². The molecule has 2 N–H and O–H groups in total. The third-order valence-electron chi connectivity index (χ3n) is 6.46. The molecule has 2 aromatic heterocycles. The van der Waals surface area contributed by atoms with Gasteiger partial charge in [-0.2, -0.15) is 5.10 Å². The number of benzene rings is 2. The van der Waals surface area contributed by atoms with Crippen LogP contribution in [0.15, 0.2) is 54.7 Å². The van der Waals surface area contributed by atoms with Crippen molar-refractivity contribution < 1.29 is 13.9 Å². The second-order valence-corrected chi connectivity index (χ2v) is 9.76. The summed E-state index contributed by atoms with van der Waals surface area (Å²) in [7, 11) is 1.89. The average Bonchev–Trinajstić information content (AvgIpc) is 3.21. The van der Waals surface area contributed by atoms with Gasteiger partial charge in [0.1, 0.15) is 5.82 Å². The molecule has 3 heterocycles. The summed E-state index contributed by atoms with van der Waals surface area (Å²) in [5.41, 5.74) is 5.40. The lowest BCUT2D eigenvalue weighted by Crippen LogP contribution is -2.44. The van der Waals surface area contributed by atoms with Crippen molar-refractivity contribution in [3.05, 3.63) is 71.8 Å². The number of aryl methyl sites for hydroxylation is 2. The van der Waals surface area contributed by atoms with E-state index in [1.165, 1.54) is 6.07 Å². The maximum absolute atomic E-state index is 14.0. The average molecular weight is 503 g/mol. The molecule has 192 valence electrons. The molecule has 1 aliphatic heterocycles. The number of aromatic nitrogens is 3. The van der Waals surface area contributed by atoms with Crippen molar-refractivity contribution in [3.8, 4) is 11.1 Å². The van der Waals surface area contributed by atoms with Gasteiger partial charge >= 0.3 is 6.03 Å². The van der Waals surface area contributed by atoms with E-state index in [-0.39, 0.29) is 17.9 Å². The van der Waals surface area contributed by atoms with Gasteiger partial charge in [-0.05, 0) is 67.8 Å². The Morgan fingerprint density at radius 2 is 1.81 bits per heavy atom. The second-order valence-electron chi connectivity index (χ2n) is 9.76. The molecule has 4 aromatic rings. The fourth-order valence-corrected chi connectivity index (χ4v) is 4.88. The Morgan fingerprint density at radius 1 is 1.08 bits per heavy atom. The molecule has 1 aliphatic rings. The topological polar surface area (TPSA) is 84.3 Å². The lowest BCUT2D eigenvalue weighted by Gasteiger charge is -2.35. The molecule has 37 heavy (non-hydrogen) atoms. The summed E-state index contributed by atoms with van der Waals surface area (Å²) in [6, 6.07) is 13.8. The number of halogens is 1. The van der Waals surface area contributed by atoms with Crippen molar-refractivity contribution in [1.29, 1.82) is 0 Å². The van der Waals surface area contributed by atoms with Crippen LogP contribution in [-0.4, -0.2) is 51.0 Å². The number of rotatable bonds is 5. The van der Waals surface area contributed by atoms with Crippen LogP contribution in [0.25, 0.3) is 22.2 Å². The Kier molecular flexibility index (Phi) is 6.90. The number of morpholine rings is 1. The van der Waals surface area contributed by atoms with E-state index in [0.717, 1.165) is 53.1 Å². The molecule has 0 saturated carbocycles. The number of ether oxygens (including phenoxy) is 1. The van der Waals surface area contributed by atoms with Crippen LogP contribution in [0.2, 0.25) is 0 Å². The molecular weight excluding hydrogens is 471 g/mol. The number of carbonyl (C=O) groups excluding carboxylic acids is 1. The van der Waals surface area contributed by atoms with E-state index >= 15 is 0 Å². The molecular formula is C28H31FN6O2. The van der Waals surface area contributed by atoms with Crippen molar-refractivity contribution in [2.45, 2.75) is 39.5 Å². The lowest BCUT2D eigenvalue weighted by atomic mass is 10.0. The molecule has 2 amide bonds. The number of nitrogens with zero attached hydrogens (tertiary/aromatic N) is 4. The van der Waals surface area contributed by atoms with Gasteiger partial charge in [0.15, 0.2) is 5.65 Å². The summed E-state index contributed by atoms with van der Waals surface area (Å²) in [5.74, 6) is -0.480. The number of nitrogens with one attached hydrogen (secondary N) is 2. The summed E-state index contributed by atoms with van der Waals surface area (Å²) >= 11 is 0. The number of carbonyl (C=O) groups is 1. The molecule has 9 heteroatoms. The van der Waals surface area contributed by atoms with Crippen LogP contribution in [0.1, 0.15) is 25.1 Å². The van der Waals surface area contributed by atoms with E-state index in [1.807, 2.05) is 44.4 Å².